The molecule has 1 aromatic heterocycles. The number of carbonyl (C=O) groups is 1. The third-order valence-corrected chi connectivity index (χ3v) is 7.03. The average molecular weight is 465 g/mol. The molecule has 0 unspecified atom stereocenters. The molecular weight excluding hydrogens is 447 g/mol. The smallest absolute Gasteiger partial charge is 0.256 e. The van der Waals surface area contributed by atoms with E-state index in [1.807, 2.05) is 6.07 Å². The molecule has 7 nitrogen and oxygen atoms in total. The summed E-state index contributed by atoms with van der Waals surface area (Å²) in [5.41, 5.74) is 1.09. The lowest BCUT2D eigenvalue weighted by Crippen LogP contribution is -2.25. The zero-order valence-corrected chi connectivity index (χ0v) is 18.0. The number of amides is 1. The molecule has 0 saturated heterocycles. The molecule has 0 radical (unpaired) electrons. The summed E-state index contributed by atoms with van der Waals surface area (Å²) in [6, 6.07) is 12.8. The molecule has 1 saturated carbocycles. The highest BCUT2D eigenvalue weighted by atomic mass is 35.5. The fourth-order valence-corrected chi connectivity index (χ4v) is 4.54. The Labute approximate surface area is 184 Å². The number of nitrogens with one attached hydrogen (secondary N) is 2. The van der Waals surface area contributed by atoms with Gasteiger partial charge in [0, 0.05) is 17.7 Å². The number of halogens is 2. The highest BCUT2D eigenvalue weighted by Gasteiger charge is 2.28. The van der Waals surface area contributed by atoms with Gasteiger partial charge in [-0.3, -0.25) is 4.79 Å². The van der Waals surface area contributed by atoms with Crippen molar-refractivity contribution in [3.63, 3.8) is 0 Å². The fraction of sp³-hybridized carbons (Fsp3) is 0.200. The van der Waals surface area contributed by atoms with E-state index in [2.05, 4.69) is 15.1 Å². The lowest BCUT2D eigenvalue weighted by atomic mass is 10.2. The minimum atomic E-state index is -3.56. The molecule has 4 rings (SSSR count). The predicted molar refractivity (Wildman–Crippen MR) is 116 cm³/mol. The summed E-state index contributed by atoms with van der Waals surface area (Å²) in [5, 5.41) is 7.88. The molecule has 1 heterocycles. The zero-order chi connectivity index (χ0) is 21.3. The minimum Gasteiger partial charge on any atom is -0.307 e. The standard InChI is InChI=1S/C20H18Cl2N4O3S/c21-17-3-1-2-14(19(17)22)12-26-18(10-11-23-26)24-20(27)13-4-8-16(9-5-13)30(28,29)25-15-6-7-15/h1-5,8-11,15,25H,6-7,12H2,(H,24,27). The van der Waals surface area contributed by atoms with Gasteiger partial charge in [-0.1, -0.05) is 35.3 Å². The van der Waals surface area contributed by atoms with Crippen LogP contribution in [0.3, 0.4) is 0 Å². The van der Waals surface area contributed by atoms with E-state index < -0.39 is 10.0 Å². The topological polar surface area (TPSA) is 93.1 Å². The quantitative estimate of drug-likeness (QED) is 0.553. The third kappa shape index (κ3) is 4.67. The van der Waals surface area contributed by atoms with Crippen molar-refractivity contribution in [3.05, 3.63) is 75.9 Å². The third-order valence-electron chi connectivity index (χ3n) is 4.64. The highest BCUT2D eigenvalue weighted by Crippen LogP contribution is 2.27. The van der Waals surface area contributed by atoms with E-state index in [1.165, 1.54) is 24.3 Å². The zero-order valence-electron chi connectivity index (χ0n) is 15.7. The summed E-state index contributed by atoms with van der Waals surface area (Å²) < 4.78 is 28.7. The molecule has 156 valence electrons. The van der Waals surface area contributed by atoms with Crippen molar-refractivity contribution in [1.82, 2.24) is 14.5 Å². The normalized spacial score (nSPS) is 13.9. The molecule has 1 fully saturated rings. The maximum atomic E-state index is 12.6. The largest absolute Gasteiger partial charge is 0.307 e. The van der Waals surface area contributed by atoms with Crippen molar-refractivity contribution in [2.24, 2.45) is 0 Å². The van der Waals surface area contributed by atoms with E-state index in [0.29, 0.717) is 28.0 Å². The molecule has 2 N–H and O–H groups in total. The lowest BCUT2D eigenvalue weighted by Gasteiger charge is -2.11. The molecule has 10 heteroatoms. The van der Waals surface area contributed by atoms with Gasteiger partial charge < -0.3 is 5.32 Å². The van der Waals surface area contributed by atoms with Gasteiger partial charge in [0.1, 0.15) is 5.82 Å². The lowest BCUT2D eigenvalue weighted by molar-refractivity contribution is 0.102. The Morgan fingerprint density at radius 3 is 2.53 bits per heavy atom. The number of benzene rings is 2. The van der Waals surface area contributed by atoms with Crippen LogP contribution in [0.25, 0.3) is 0 Å². The van der Waals surface area contributed by atoms with Gasteiger partial charge >= 0.3 is 0 Å². The Balaban J connectivity index is 1.47. The number of sulfonamides is 1. The number of anilines is 1. The van der Waals surface area contributed by atoms with Crippen LogP contribution >= 0.6 is 23.2 Å². The fourth-order valence-electron chi connectivity index (χ4n) is 2.86. The van der Waals surface area contributed by atoms with Gasteiger partial charge in [0.25, 0.3) is 5.91 Å². The Hall–Kier alpha value is -2.39. The van der Waals surface area contributed by atoms with Crippen molar-refractivity contribution in [2.75, 3.05) is 5.32 Å². The molecule has 1 aliphatic rings. The van der Waals surface area contributed by atoms with Crippen molar-refractivity contribution in [3.8, 4) is 0 Å². The van der Waals surface area contributed by atoms with Crippen molar-refractivity contribution in [1.29, 1.82) is 0 Å². The molecule has 0 bridgehead atoms. The van der Waals surface area contributed by atoms with Crippen molar-refractivity contribution >= 4 is 45.0 Å². The summed E-state index contributed by atoms with van der Waals surface area (Å²) >= 11 is 12.3. The predicted octanol–water partition coefficient (Wildman–Crippen LogP) is 3.93. The second kappa shape index (κ2) is 8.39. The first kappa shape index (κ1) is 20.9. The van der Waals surface area contributed by atoms with Crippen molar-refractivity contribution < 1.29 is 13.2 Å². The first-order valence-electron chi connectivity index (χ1n) is 9.22. The second-order valence-corrected chi connectivity index (χ2v) is 9.46. The summed E-state index contributed by atoms with van der Waals surface area (Å²) in [6.45, 7) is 0.325. The van der Waals surface area contributed by atoms with Crippen LogP contribution in [-0.4, -0.2) is 30.1 Å². The van der Waals surface area contributed by atoms with Gasteiger partial charge in [0.05, 0.1) is 27.7 Å². The highest BCUT2D eigenvalue weighted by molar-refractivity contribution is 7.89. The first-order valence-corrected chi connectivity index (χ1v) is 11.5. The molecule has 1 aliphatic carbocycles. The van der Waals surface area contributed by atoms with E-state index in [1.54, 1.807) is 29.1 Å². The molecule has 1 amide bonds. The molecule has 30 heavy (non-hydrogen) atoms. The molecule has 0 atom stereocenters. The van der Waals surface area contributed by atoms with Crippen LogP contribution in [0.2, 0.25) is 10.0 Å². The maximum Gasteiger partial charge on any atom is 0.256 e. The Bertz CT molecular complexity index is 1190. The van der Waals surface area contributed by atoms with Gasteiger partial charge in [-0.25, -0.2) is 17.8 Å². The van der Waals surface area contributed by atoms with Crippen LogP contribution in [0, 0.1) is 0 Å². The summed E-state index contributed by atoms with van der Waals surface area (Å²) in [6.07, 6.45) is 3.27. The monoisotopic (exact) mass is 464 g/mol. The van der Waals surface area contributed by atoms with Gasteiger partial charge in [-0.05, 0) is 48.7 Å². The number of aromatic nitrogens is 2. The molecule has 0 aliphatic heterocycles. The van der Waals surface area contributed by atoms with E-state index in [9.17, 15) is 13.2 Å². The van der Waals surface area contributed by atoms with E-state index in [4.69, 9.17) is 23.2 Å². The summed E-state index contributed by atoms with van der Waals surface area (Å²) in [4.78, 5) is 12.8. The second-order valence-electron chi connectivity index (χ2n) is 6.96. The first-order chi connectivity index (χ1) is 14.3. The average Bonchev–Trinajstić information content (AvgIpc) is 3.42. The van der Waals surface area contributed by atoms with Crippen LogP contribution in [-0.2, 0) is 16.6 Å². The number of carbonyl (C=O) groups excluding carboxylic acids is 1. The van der Waals surface area contributed by atoms with Gasteiger partial charge in [0.2, 0.25) is 10.0 Å². The van der Waals surface area contributed by atoms with Crippen LogP contribution in [0.15, 0.2) is 59.6 Å². The number of nitrogens with zero attached hydrogens (tertiary/aromatic N) is 2. The summed E-state index contributed by atoms with van der Waals surface area (Å²) in [5.74, 6) is 0.0937. The van der Waals surface area contributed by atoms with Gasteiger partial charge in [-0.2, -0.15) is 5.10 Å². The SMILES string of the molecule is O=C(Nc1ccnn1Cc1cccc(Cl)c1Cl)c1ccc(S(=O)(=O)NC2CC2)cc1. The van der Waals surface area contributed by atoms with Crippen LogP contribution in [0.4, 0.5) is 5.82 Å². The van der Waals surface area contributed by atoms with Gasteiger partial charge in [0.15, 0.2) is 0 Å². The maximum absolute atomic E-state index is 12.6. The molecule has 3 aromatic rings. The van der Waals surface area contributed by atoms with Crippen LogP contribution in [0.5, 0.6) is 0 Å². The Morgan fingerprint density at radius 1 is 1.10 bits per heavy atom. The Kier molecular flexibility index (Phi) is 5.84. The molecule has 0 spiro atoms. The minimum absolute atomic E-state index is 0.0197. The van der Waals surface area contributed by atoms with Crippen LogP contribution < -0.4 is 10.0 Å². The molecular formula is C20H18Cl2N4O3S. The number of hydrogen-bond acceptors (Lipinski definition) is 4. The van der Waals surface area contributed by atoms with Crippen molar-refractivity contribution in [2.45, 2.75) is 30.3 Å². The summed E-state index contributed by atoms with van der Waals surface area (Å²) in [7, 11) is -3.56. The van der Waals surface area contributed by atoms with E-state index in [0.717, 1.165) is 18.4 Å². The van der Waals surface area contributed by atoms with Crippen LogP contribution in [0.1, 0.15) is 28.8 Å². The van der Waals surface area contributed by atoms with E-state index in [-0.39, 0.29) is 16.8 Å². The molecule has 2 aromatic carbocycles. The van der Waals surface area contributed by atoms with E-state index >= 15 is 0 Å². The number of rotatable bonds is 7. The number of hydrogen-bond donors (Lipinski definition) is 2. The van der Waals surface area contributed by atoms with Gasteiger partial charge in [-0.15, -0.1) is 0 Å². The Morgan fingerprint density at radius 2 is 1.83 bits per heavy atom.